The summed E-state index contributed by atoms with van der Waals surface area (Å²) in [7, 11) is 6.28. The first-order valence-corrected chi connectivity index (χ1v) is 10.0. The number of hydrogen-bond acceptors (Lipinski definition) is 6. The summed E-state index contributed by atoms with van der Waals surface area (Å²) in [4.78, 5) is 14.4. The molecule has 154 valence electrons. The van der Waals surface area contributed by atoms with Crippen molar-refractivity contribution in [3.8, 4) is 23.0 Å². The lowest BCUT2D eigenvalue weighted by Gasteiger charge is -2.18. The van der Waals surface area contributed by atoms with Gasteiger partial charge in [0.2, 0.25) is 5.75 Å². The normalized spacial score (nSPS) is 10.8. The Morgan fingerprint density at radius 3 is 2.24 bits per heavy atom. The van der Waals surface area contributed by atoms with Gasteiger partial charge in [0.15, 0.2) is 17.3 Å². The van der Waals surface area contributed by atoms with Crippen molar-refractivity contribution in [2.75, 3.05) is 28.4 Å². The molecule has 9 heteroatoms. The number of fused-ring (bicyclic) bond motifs is 1. The van der Waals surface area contributed by atoms with E-state index in [1.54, 1.807) is 31.3 Å². The van der Waals surface area contributed by atoms with Crippen molar-refractivity contribution in [3.63, 3.8) is 0 Å². The second-order valence-corrected chi connectivity index (χ2v) is 7.89. The number of benzene rings is 2. The zero-order valence-electron chi connectivity index (χ0n) is 16.2. The third-order valence-corrected chi connectivity index (χ3v) is 5.80. The average molecular weight is 529 g/mol. The quantitative estimate of drug-likeness (QED) is 0.487. The first-order valence-electron chi connectivity index (χ1n) is 8.45. The zero-order chi connectivity index (χ0) is 21.3. The van der Waals surface area contributed by atoms with Crippen LogP contribution in [0.4, 0.5) is 0 Å². The molecule has 1 amide bonds. The van der Waals surface area contributed by atoms with Crippen molar-refractivity contribution >= 4 is 48.7 Å². The third-order valence-electron chi connectivity index (χ3n) is 4.39. The highest BCUT2D eigenvalue weighted by Crippen LogP contribution is 2.40. The molecule has 1 aromatic heterocycles. The van der Waals surface area contributed by atoms with Crippen LogP contribution in [-0.2, 0) is 6.54 Å². The van der Waals surface area contributed by atoms with E-state index in [1.807, 2.05) is 0 Å². The second-order valence-electron chi connectivity index (χ2n) is 6.24. The first-order chi connectivity index (χ1) is 13.8. The number of phenols is 1. The Hall–Kier alpha value is -2.39. The molecule has 0 saturated heterocycles. The fourth-order valence-electron chi connectivity index (χ4n) is 2.97. The Balaban J connectivity index is 1.90. The highest BCUT2D eigenvalue weighted by Gasteiger charge is 2.21. The van der Waals surface area contributed by atoms with Gasteiger partial charge in [-0.15, -0.1) is 0 Å². The van der Waals surface area contributed by atoms with Crippen molar-refractivity contribution < 1.29 is 28.5 Å². The van der Waals surface area contributed by atoms with Crippen LogP contribution in [0, 0.1) is 0 Å². The topological polar surface area (TPSA) is 81.4 Å². The van der Waals surface area contributed by atoms with Crippen LogP contribution in [0.25, 0.3) is 11.0 Å². The minimum absolute atomic E-state index is 0.0445. The van der Waals surface area contributed by atoms with Crippen LogP contribution in [0.15, 0.2) is 37.6 Å². The summed E-state index contributed by atoms with van der Waals surface area (Å²) in [5.41, 5.74) is 1.28. The number of halogens is 2. The van der Waals surface area contributed by atoms with Gasteiger partial charge >= 0.3 is 0 Å². The maximum absolute atomic E-state index is 12.9. The summed E-state index contributed by atoms with van der Waals surface area (Å²) < 4.78 is 22.7. The minimum Gasteiger partial charge on any atom is -0.506 e. The standard InChI is InChI=1S/C20H19Br2NO6/c1-23(9-10-5-14(26-2)19(28-4)15(6-10)27-3)20(25)16-7-11-13(29-16)8-12(21)18(24)17(11)22/h5-8,24H,9H2,1-4H3. The Kier molecular flexibility index (Phi) is 6.28. The van der Waals surface area contributed by atoms with E-state index >= 15 is 0 Å². The molecule has 0 unspecified atom stereocenters. The van der Waals surface area contributed by atoms with Gasteiger partial charge in [-0.2, -0.15) is 0 Å². The molecule has 0 aliphatic carbocycles. The van der Waals surface area contributed by atoms with E-state index < -0.39 is 0 Å². The van der Waals surface area contributed by atoms with E-state index in [0.717, 1.165) is 5.56 Å². The molecule has 0 aliphatic rings. The van der Waals surface area contributed by atoms with E-state index in [1.165, 1.54) is 26.2 Å². The molecule has 29 heavy (non-hydrogen) atoms. The predicted molar refractivity (Wildman–Crippen MR) is 115 cm³/mol. The first kappa shape index (κ1) is 21.3. The Labute approximate surface area is 184 Å². The molecule has 3 rings (SSSR count). The minimum atomic E-state index is -0.308. The molecule has 1 N–H and O–H groups in total. The number of hydrogen-bond donors (Lipinski definition) is 1. The molecule has 7 nitrogen and oxygen atoms in total. The van der Waals surface area contributed by atoms with E-state index in [-0.39, 0.29) is 17.4 Å². The number of amides is 1. The van der Waals surface area contributed by atoms with Crippen molar-refractivity contribution in [1.82, 2.24) is 4.90 Å². The largest absolute Gasteiger partial charge is 0.506 e. The highest BCUT2D eigenvalue weighted by molar-refractivity contribution is 9.11. The van der Waals surface area contributed by atoms with Gasteiger partial charge in [0.1, 0.15) is 11.3 Å². The van der Waals surface area contributed by atoms with Gasteiger partial charge in [0, 0.05) is 19.0 Å². The lowest BCUT2D eigenvalue weighted by atomic mass is 10.1. The molecule has 0 spiro atoms. The summed E-state index contributed by atoms with van der Waals surface area (Å²) in [5, 5.41) is 10.6. The van der Waals surface area contributed by atoms with Gasteiger partial charge in [-0.3, -0.25) is 4.79 Å². The number of carbonyl (C=O) groups is 1. The summed E-state index contributed by atoms with van der Waals surface area (Å²) in [6, 6.07) is 6.79. The van der Waals surface area contributed by atoms with Crippen molar-refractivity contribution in [2.24, 2.45) is 0 Å². The Morgan fingerprint density at radius 1 is 1.07 bits per heavy atom. The van der Waals surface area contributed by atoms with Crippen molar-refractivity contribution in [2.45, 2.75) is 6.54 Å². The average Bonchev–Trinajstić information content (AvgIpc) is 3.14. The number of methoxy groups -OCH3 is 3. The summed E-state index contributed by atoms with van der Waals surface area (Å²) in [6.07, 6.45) is 0. The van der Waals surface area contributed by atoms with Crippen molar-refractivity contribution in [3.05, 3.63) is 44.5 Å². The molecule has 0 aliphatic heterocycles. The number of rotatable bonds is 6. The monoisotopic (exact) mass is 527 g/mol. The van der Waals surface area contributed by atoms with Gasteiger partial charge < -0.3 is 28.6 Å². The lowest BCUT2D eigenvalue weighted by Crippen LogP contribution is -2.25. The molecular formula is C20H19Br2NO6. The van der Waals surface area contributed by atoms with Gasteiger partial charge in [-0.1, -0.05) is 0 Å². The molecule has 2 aromatic carbocycles. The van der Waals surface area contributed by atoms with Gasteiger partial charge in [-0.25, -0.2) is 0 Å². The molecule has 0 bridgehead atoms. The Morgan fingerprint density at radius 2 is 1.69 bits per heavy atom. The number of ether oxygens (including phenoxy) is 3. The van der Waals surface area contributed by atoms with Gasteiger partial charge in [-0.05, 0) is 61.7 Å². The molecule has 0 atom stereocenters. The van der Waals surface area contributed by atoms with Crippen LogP contribution in [0.5, 0.6) is 23.0 Å². The molecule has 0 radical (unpaired) electrons. The van der Waals surface area contributed by atoms with Gasteiger partial charge in [0.05, 0.1) is 30.3 Å². The van der Waals surface area contributed by atoms with E-state index in [2.05, 4.69) is 31.9 Å². The lowest BCUT2D eigenvalue weighted by molar-refractivity contribution is 0.0755. The van der Waals surface area contributed by atoms with E-state index in [4.69, 9.17) is 18.6 Å². The number of aromatic hydroxyl groups is 1. The van der Waals surface area contributed by atoms with E-state index in [0.29, 0.717) is 43.7 Å². The number of furan rings is 1. The van der Waals surface area contributed by atoms with Crippen LogP contribution in [0.2, 0.25) is 0 Å². The summed E-state index contributed by atoms with van der Waals surface area (Å²) >= 11 is 6.58. The van der Waals surface area contributed by atoms with Crippen LogP contribution >= 0.6 is 31.9 Å². The van der Waals surface area contributed by atoms with Gasteiger partial charge in [0.25, 0.3) is 5.91 Å². The highest BCUT2D eigenvalue weighted by atomic mass is 79.9. The summed E-state index contributed by atoms with van der Waals surface area (Å²) in [6.45, 7) is 0.294. The fourth-order valence-corrected chi connectivity index (χ4v) is 4.16. The van der Waals surface area contributed by atoms with Crippen LogP contribution in [0.1, 0.15) is 16.1 Å². The molecule has 0 saturated carbocycles. The smallest absolute Gasteiger partial charge is 0.289 e. The van der Waals surface area contributed by atoms with Crippen LogP contribution in [0.3, 0.4) is 0 Å². The zero-order valence-corrected chi connectivity index (χ0v) is 19.4. The second kappa shape index (κ2) is 8.54. The summed E-state index contributed by atoms with van der Waals surface area (Å²) in [5.74, 6) is 1.40. The Bertz CT molecular complexity index is 1050. The maximum atomic E-state index is 12.9. The van der Waals surface area contributed by atoms with E-state index in [9.17, 15) is 9.90 Å². The predicted octanol–water partition coefficient (Wildman–Crippen LogP) is 4.96. The number of carbonyl (C=O) groups excluding carboxylic acids is 1. The molecule has 0 fully saturated rings. The number of phenolic OH excluding ortho intramolecular Hbond substituents is 1. The molecule has 1 heterocycles. The number of nitrogens with zero attached hydrogens (tertiary/aromatic N) is 1. The maximum Gasteiger partial charge on any atom is 0.289 e. The SMILES string of the molecule is COc1cc(CN(C)C(=O)c2cc3c(Br)c(O)c(Br)cc3o2)cc(OC)c1OC. The fraction of sp³-hybridized carbons (Fsp3) is 0.250. The van der Waals surface area contributed by atoms with Crippen LogP contribution in [-0.4, -0.2) is 44.3 Å². The third kappa shape index (κ3) is 4.02. The van der Waals surface area contributed by atoms with Crippen molar-refractivity contribution in [1.29, 1.82) is 0 Å². The van der Waals surface area contributed by atoms with Crippen LogP contribution < -0.4 is 14.2 Å². The molecule has 3 aromatic rings. The molecular weight excluding hydrogens is 510 g/mol.